The molecule has 0 heterocycles. The summed E-state index contributed by atoms with van der Waals surface area (Å²) < 4.78 is 4.73. The van der Waals surface area contributed by atoms with Gasteiger partial charge in [0, 0.05) is 5.92 Å². The molecule has 3 aliphatic rings. The van der Waals surface area contributed by atoms with Gasteiger partial charge in [0.15, 0.2) is 11.4 Å². The molecule has 5 unspecified atom stereocenters. The number of amides is 1. The number of benzene rings is 2. The molecule has 0 spiro atoms. The van der Waals surface area contributed by atoms with Gasteiger partial charge in [-0.3, -0.25) is 19.3 Å². The number of nitrogens with zero attached hydrogens (tertiary/aromatic N) is 1. The molecule has 1 fully saturated rings. The number of hydrogen-bond donors (Lipinski definition) is 6. The smallest absolute Gasteiger partial charge is 0.337 e. The summed E-state index contributed by atoms with van der Waals surface area (Å²) in [6.45, 7) is 0. The number of likely N-dealkylation sites (N-methyl/N-ethyl adjacent to an activating group) is 1. The lowest BCUT2D eigenvalue weighted by atomic mass is 9.55. The Morgan fingerprint density at radius 3 is 2.26 bits per heavy atom. The number of ether oxygens (including phenoxy) is 1. The molecule has 2 aromatic rings. The highest BCUT2D eigenvalue weighted by molar-refractivity contribution is 6.25. The fraction of sp³-hybridized carbons (Fsp3) is 0.267. The first kappa shape index (κ1) is 28.7. The van der Waals surface area contributed by atoms with Crippen LogP contribution in [0.4, 0.5) is 0 Å². The SMILES string of the molecule is COC(=O)c1ccc(/C=C2\c3cccc(O)c3C(O)=C3C(=O)C4(O)C(O)=C(C(N)=O)C(=O)C(N(C)C)C4C(O)C32)cc1. The van der Waals surface area contributed by atoms with E-state index in [0.717, 1.165) is 0 Å². The van der Waals surface area contributed by atoms with Gasteiger partial charge in [-0.05, 0) is 49.0 Å². The second-order valence-electron chi connectivity index (χ2n) is 10.6. The number of fused-ring (bicyclic) bond motifs is 3. The molecular weight excluding hydrogens is 548 g/mol. The average Bonchev–Trinajstić information content (AvgIpc) is 2.94. The topological polar surface area (TPSA) is 208 Å². The molecule has 2 aromatic carbocycles. The zero-order valence-corrected chi connectivity index (χ0v) is 22.7. The van der Waals surface area contributed by atoms with Crippen molar-refractivity contribution in [1.29, 1.82) is 0 Å². The summed E-state index contributed by atoms with van der Waals surface area (Å²) in [5.41, 5.74) is 1.85. The first-order valence-electron chi connectivity index (χ1n) is 12.8. The molecule has 5 rings (SSSR count). The number of carbonyl (C=O) groups excluding carboxylic acids is 4. The van der Waals surface area contributed by atoms with E-state index < -0.39 is 81.4 Å². The highest BCUT2D eigenvalue weighted by Gasteiger charge is 2.68. The molecule has 1 saturated carbocycles. The number of hydrogen-bond acceptors (Lipinski definition) is 11. The summed E-state index contributed by atoms with van der Waals surface area (Å²) in [4.78, 5) is 52.9. The Morgan fingerprint density at radius 2 is 1.69 bits per heavy atom. The standard InChI is InChI=1S/C30H28N2O10/c1-32(2)22-21-24(35)18-15(11-12-7-9-13(10-8-12)29(40)42-3)14-5-4-6-16(33)17(14)23(34)19(18)26(37)30(21,41)27(38)20(25(22)36)28(31)39/h4-11,18,21-22,24,33-35,38,41H,1-3H3,(H2,31,39)/b15-11+. The van der Waals surface area contributed by atoms with Gasteiger partial charge in [-0.1, -0.05) is 30.3 Å². The first-order valence-corrected chi connectivity index (χ1v) is 12.8. The molecule has 12 heteroatoms. The Kier molecular flexibility index (Phi) is 6.80. The summed E-state index contributed by atoms with van der Waals surface area (Å²) in [5, 5.41) is 56.8. The molecule has 0 saturated heterocycles. The van der Waals surface area contributed by atoms with E-state index in [1.807, 2.05) is 0 Å². The molecule has 0 radical (unpaired) electrons. The summed E-state index contributed by atoms with van der Waals surface area (Å²) in [6, 6.07) is 8.97. The molecule has 3 aliphatic carbocycles. The molecule has 218 valence electrons. The third-order valence-electron chi connectivity index (χ3n) is 8.18. The fourth-order valence-electron chi connectivity index (χ4n) is 6.32. The number of nitrogens with two attached hydrogens (primary N) is 1. The Hall–Kier alpha value is -4.78. The number of rotatable bonds is 4. The number of aliphatic hydroxyl groups excluding tert-OH is 3. The van der Waals surface area contributed by atoms with Gasteiger partial charge in [0.1, 0.15) is 22.8 Å². The van der Waals surface area contributed by atoms with Crippen molar-refractivity contribution in [1.82, 2.24) is 4.90 Å². The van der Waals surface area contributed by atoms with E-state index in [-0.39, 0.29) is 22.3 Å². The van der Waals surface area contributed by atoms with Gasteiger partial charge in [0.2, 0.25) is 5.78 Å². The molecule has 0 bridgehead atoms. The number of aromatic hydroxyl groups is 1. The molecule has 12 nitrogen and oxygen atoms in total. The van der Waals surface area contributed by atoms with E-state index in [1.54, 1.807) is 24.3 Å². The number of primary amides is 1. The number of ketones is 2. The quantitative estimate of drug-likeness (QED) is 0.221. The minimum Gasteiger partial charge on any atom is -0.508 e. The summed E-state index contributed by atoms with van der Waals surface area (Å²) in [6.07, 6.45) is -0.231. The minimum absolute atomic E-state index is 0.168. The van der Waals surface area contributed by atoms with Crippen molar-refractivity contribution >= 4 is 40.9 Å². The summed E-state index contributed by atoms with van der Waals surface area (Å²) >= 11 is 0. The van der Waals surface area contributed by atoms with Crippen LogP contribution in [0, 0.1) is 11.8 Å². The lowest BCUT2D eigenvalue weighted by Crippen LogP contribution is -2.70. The van der Waals surface area contributed by atoms with Crippen molar-refractivity contribution in [3.05, 3.63) is 81.6 Å². The Bertz CT molecular complexity index is 1650. The number of esters is 1. The van der Waals surface area contributed by atoms with Crippen LogP contribution >= 0.6 is 0 Å². The lowest BCUT2D eigenvalue weighted by Gasteiger charge is -2.53. The van der Waals surface area contributed by atoms with E-state index in [9.17, 15) is 44.7 Å². The van der Waals surface area contributed by atoms with Gasteiger partial charge >= 0.3 is 5.97 Å². The van der Waals surface area contributed by atoms with Crippen molar-refractivity contribution in [3.8, 4) is 5.75 Å². The van der Waals surface area contributed by atoms with Crippen LogP contribution in [0.3, 0.4) is 0 Å². The van der Waals surface area contributed by atoms with Crippen molar-refractivity contribution in [3.63, 3.8) is 0 Å². The fourth-order valence-corrected chi connectivity index (χ4v) is 6.32. The van der Waals surface area contributed by atoms with Crippen LogP contribution in [0.15, 0.2) is 59.4 Å². The van der Waals surface area contributed by atoms with Crippen molar-refractivity contribution in [2.45, 2.75) is 17.7 Å². The summed E-state index contributed by atoms with van der Waals surface area (Å²) in [7, 11) is 4.10. The second kappa shape index (κ2) is 9.94. The second-order valence-corrected chi connectivity index (χ2v) is 10.6. The van der Waals surface area contributed by atoms with Gasteiger partial charge in [-0.15, -0.1) is 0 Å². The normalized spacial score (nSPS) is 28.0. The van der Waals surface area contributed by atoms with Crippen molar-refractivity contribution in [2.75, 3.05) is 21.2 Å². The molecule has 0 aromatic heterocycles. The maximum atomic E-state index is 14.2. The van der Waals surface area contributed by atoms with Gasteiger partial charge in [-0.25, -0.2) is 4.79 Å². The van der Waals surface area contributed by atoms with E-state index in [4.69, 9.17) is 10.5 Å². The Labute approximate surface area is 239 Å². The van der Waals surface area contributed by atoms with E-state index in [2.05, 4.69) is 0 Å². The molecule has 1 amide bonds. The third-order valence-corrected chi connectivity index (χ3v) is 8.18. The highest BCUT2D eigenvalue weighted by Crippen LogP contribution is 2.56. The average molecular weight is 577 g/mol. The number of aliphatic hydroxyl groups is 4. The van der Waals surface area contributed by atoms with E-state index in [0.29, 0.717) is 5.56 Å². The largest absolute Gasteiger partial charge is 0.508 e. The van der Waals surface area contributed by atoms with Crippen LogP contribution in [-0.2, 0) is 19.1 Å². The molecule has 5 atom stereocenters. The highest BCUT2D eigenvalue weighted by atomic mass is 16.5. The van der Waals surface area contributed by atoms with Crippen LogP contribution in [-0.4, -0.2) is 92.8 Å². The number of carbonyl (C=O) groups is 4. The lowest BCUT2D eigenvalue weighted by molar-refractivity contribution is -0.166. The number of phenols is 1. The predicted octanol–water partition coefficient (Wildman–Crippen LogP) is 0.720. The zero-order chi connectivity index (χ0) is 30.8. The van der Waals surface area contributed by atoms with Crippen LogP contribution in [0.5, 0.6) is 5.75 Å². The summed E-state index contributed by atoms with van der Waals surface area (Å²) in [5.74, 6) is -9.80. The van der Waals surface area contributed by atoms with Gasteiger partial charge < -0.3 is 36.0 Å². The number of Topliss-reactive ketones (excluding diaryl/α,β-unsaturated/α-hetero) is 2. The predicted molar refractivity (Wildman–Crippen MR) is 148 cm³/mol. The number of phenolic OH excluding ortho intramolecular Hbond substituents is 1. The van der Waals surface area contributed by atoms with E-state index >= 15 is 0 Å². The van der Waals surface area contributed by atoms with Gasteiger partial charge in [-0.2, -0.15) is 0 Å². The van der Waals surface area contributed by atoms with Gasteiger partial charge in [0.25, 0.3) is 5.91 Å². The van der Waals surface area contributed by atoms with Gasteiger partial charge in [0.05, 0.1) is 41.9 Å². The van der Waals surface area contributed by atoms with Crippen LogP contribution in [0.25, 0.3) is 17.4 Å². The Morgan fingerprint density at radius 1 is 1.05 bits per heavy atom. The van der Waals surface area contributed by atoms with Crippen LogP contribution < -0.4 is 5.73 Å². The van der Waals surface area contributed by atoms with Crippen molar-refractivity contribution in [2.24, 2.45) is 17.6 Å². The maximum Gasteiger partial charge on any atom is 0.337 e. The Balaban J connectivity index is 1.81. The third kappa shape index (κ3) is 3.87. The monoisotopic (exact) mass is 576 g/mol. The molecule has 0 aliphatic heterocycles. The molecule has 42 heavy (non-hydrogen) atoms. The zero-order valence-electron chi connectivity index (χ0n) is 22.7. The minimum atomic E-state index is -3.03. The number of methoxy groups -OCH3 is 1. The van der Waals surface area contributed by atoms with Crippen LogP contribution in [0.2, 0.25) is 0 Å². The molecular formula is C30H28N2O10. The van der Waals surface area contributed by atoms with Crippen molar-refractivity contribution < 1.29 is 49.4 Å². The van der Waals surface area contributed by atoms with Crippen LogP contribution in [0.1, 0.15) is 27.0 Å². The first-order chi connectivity index (χ1) is 19.8. The molecule has 7 N–H and O–H groups in total. The maximum absolute atomic E-state index is 14.2. The van der Waals surface area contributed by atoms with E-state index in [1.165, 1.54) is 50.4 Å².